The maximum atomic E-state index is 13.0. The molecule has 0 radical (unpaired) electrons. The number of hydrogen-bond donors (Lipinski definition) is 0. The Bertz CT molecular complexity index is 1440. The van der Waals surface area contributed by atoms with E-state index in [2.05, 4.69) is 28.1 Å². The molecule has 0 N–H and O–H groups in total. The predicted molar refractivity (Wildman–Crippen MR) is 158 cm³/mol. The third-order valence-electron chi connectivity index (χ3n) is 7.66. The maximum Gasteiger partial charge on any atom is 0.410 e. The van der Waals surface area contributed by atoms with E-state index < -0.39 is 0 Å². The Morgan fingerprint density at radius 1 is 1.15 bits per heavy atom. The van der Waals surface area contributed by atoms with Crippen LogP contribution in [-0.4, -0.2) is 82.2 Å². The first kappa shape index (κ1) is 29.0. The van der Waals surface area contributed by atoms with Crippen LogP contribution in [0.5, 0.6) is 0 Å². The number of benzene rings is 1. The third kappa shape index (κ3) is 6.22. The maximum absolute atomic E-state index is 13.0. The number of fused-ring (bicyclic) bond motifs is 2. The second-order valence-electron chi connectivity index (χ2n) is 10.8. The van der Waals surface area contributed by atoms with Gasteiger partial charge >= 0.3 is 6.09 Å². The van der Waals surface area contributed by atoms with Crippen LogP contribution in [0.4, 0.5) is 4.79 Å². The van der Waals surface area contributed by atoms with Gasteiger partial charge in [0.05, 0.1) is 24.2 Å². The fraction of sp³-hybridized carbons (Fsp3) is 0.419. The number of carbonyl (C=O) groups excluding carboxylic acids is 2. The molecule has 0 spiro atoms. The number of ketones is 1. The van der Waals surface area contributed by atoms with E-state index in [1.807, 2.05) is 56.1 Å². The first-order valence-electron chi connectivity index (χ1n) is 13.9. The van der Waals surface area contributed by atoms with Crippen molar-refractivity contribution < 1.29 is 19.1 Å². The number of halogens is 1. The van der Waals surface area contributed by atoms with Gasteiger partial charge in [-0.15, -0.1) is 0 Å². The fourth-order valence-corrected chi connectivity index (χ4v) is 5.98. The molecule has 3 heterocycles. The molecule has 9 nitrogen and oxygen atoms in total. The molecule has 2 aromatic heterocycles. The van der Waals surface area contributed by atoms with E-state index in [1.165, 1.54) is 7.11 Å². The molecule has 5 rings (SSSR count). The molecule has 41 heavy (non-hydrogen) atoms. The van der Waals surface area contributed by atoms with E-state index in [4.69, 9.17) is 26.1 Å². The lowest BCUT2D eigenvalue weighted by Crippen LogP contribution is -2.50. The van der Waals surface area contributed by atoms with Gasteiger partial charge in [0.15, 0.2) is 5.78 Å². The van der Waals surface area contributed by atoms with Crippen molar-refractivity contribution in [3.8, 4) is 0 Å². The molecular weight excluding hydrogens is 542 g/mol. The molecule has 10 heteroatoms. The van der Waals surface area contributed by atoms with Crippen LogP contribution in [0.2, 0.25) is 5.02 Å². The summed E-state index contributed by atoms with van der Waals surface area (Å²) in [7, 11) is 3.47. The van der Waals surface area contributed by atoms with Gasteiger partial charge in [-0.25, -0.2) is 9.78 Å². The van der Waals surface area contributed by atoms with Crippen molar-refractivity contribution in [3.05, 3.63) is 82.2 Å². The summed E-state index contributed by atoms with van der Waals surface area (Å²) in [5.74, 6) is -0.281. The zero-order chi connectivity index (χ0) is 29.1. The molecule has 1 saturated heterocycles. The minimum atomic E-state index is -0.282. The van der Waals surface area contributed by atoms with E-state index >= 15 is 0 Å². The highest BCUT2D eigenvalue weighted by Crippen LogP contribution is 2.46. The van der Waals surface area contributed by atoms with Gasteiger partial charge < -0.3 is 18.9 Å². The van der Waals surface area contributed by atoms with E-state index in [9.17, 15) is 9.59 Å². The van der Waals surface area contributed by atoms with Gasteiger partial charge in [0.1, 0.15) is 6.61 Å². The van der Waals surface area contributed by atoms with Crippen LogP contribution in [0.15, 0.2) is 49.1 Å². The second-order valence-corrected chi connectivity index (χ2v) is 11.3. The molecule has 2 aliphatic rings. The summed E-state index contributed by atoms with van der Waals surface area (Å²) >= 11 is 6.63. The fourth-order valence-electron chi connectivity index (χ4n) is 5.81. The number of Topliss-reactive ketones (excluding diaryl/α,β-unsaturated/α-hetero) is 1. The van der Waals surface area contributed by atoms with Gasteiger partial charge in [-0.1, -0.05) is 23.7 Å². The molecule has 0 unspecified atom stereocenters. The number of hydrogen-bond acceptors (Lipinski definition) is 7. The van der Waals surface area contributed by atoms with Gasteiger partial charge in [-0.05, 0) is 60.4 Å². The van der Waals surface area contributed by atoms with Crippen molar-refractivity contribution in [2.45, 2.75) is 38.3 Å². The number of carbonyl (C=O) groups is 2. The van der Waals surface area contributed by atoms with E-state index in [0.717, 1.165) is 33.7 Å². The van der Waals surface area contributed by atoms with Crippen molar-refractivity contribution in [2.75, 3.05) is 39.9 Å². The van der Waals surface area contributed by atoms with Crippen LogP contribution in [0.1, 0.15) is 60.3 Å². The quantitative estimate of drug-likeness (QED) is 0.374. The molecule has 216 valence electrons. The molecule has 1 aliphatic heterocycles. The number of rotatable bonds is 8. The van der Waals surface area contributed by atoms with Gasteiger partial charge in [0.2, 0.25) is 0 Å². The molecule has 1 aliphatic carbocycles. The van der Waals surface area contributed by atoms with Gasteiger partial charge in [0.25, 0.3) is 0 Å². The summed E-state index contributed by atoms with van der Waals surface area (Å²) in [6, 6.07) is 9.79. The molecule has 0 bridgehead atoms. The van der Waals surface area contributed by atoms with Crippen molar-refractivity contribution >= 4 is 35.1 Å². The Morgan fingerprint density at radius 3 is 2.61 bits per heavy atom. The third-order valence-corrected chi connectivity index (χ3v) is 7.89. The first-order valence-corrected chi connectivity index (χ1v) is 14.3. The Hall–Kier alpha value is -3.53. The van der Waals surface area contributed by atoms with Crippen LogP contribution in [0, 0.1) is 0 Å². The van der Waals surface area contributed by atoms with Crippen LogP contribution in [-0.2, 0) is 21.3 Å². The lowest BCUT2D eigenvalue weighted by atomic mass is 9.83. The van der Waals surface area contributed by atoms with Crippen LogP contribution in [0.3, 0.4) is 0 Å². The number of methoxy groups -OCH3 is 1. The van der Waals surface area contributed by atoms with Gasteiger partial charge in [0, 0.05) is 75.8 Å². The normalized spacial score (nSPS) is 17.9. The molecule has 1 aromatic carbocycles. The number of aromatic nitrogens is 3. The second kappa shape index (κ2) is 12.5. The summed E-state index contributed by atoms with van der Waals surface area (Å²) in [6.45, 7) is 6.17. The molecular formula is C31H36ClN5O4. The number of allylic oxidation sites excluding steroid dienone is 1. The number of aryl methyl sites for hydroxylation is 1. The SMILES string of the molecule is COCC(=O)C[C@H](C1=Cc2cccnc2[C@@H](N2CCN(C(=O)OC(C)C)CC2)c2ccc(Cl)cc21)c1cncn1C. The summed E-state index contributed by atoms with van der Waals surface area (Å²) < 4.78 is 12.6. The number of nitrogens with zero attached hydrogens (tertiary/aromatic N) is 5. The zero-order valence-corrected chi connectivity index (χ0v) is 24.7. The monoisotopic (exact) mass is 577 g/mol. The number of imidazole rings is 1. The number of piperazine rings is 1. The largest absolute Gasteiger partial charge is 0.447 e. The van der Waals surface area contributed by atoms with Gasteiger partial charge in [-0.2, -0.15) is 0 Å². The first-order chi connectivity index (χ1) is 19.8. The Morgan fingerprint density at radius 2 is 1.93 bits per heavy atom. The number of ether oxygens (including phenoxy) is 2. The van der Waals surface area contributed by atoms with E-state index in [-0.39, 0.29) is 43.0 Å². The van der Waals surface area contributed by atoms with Gasteiger partial charge in [-0.3, -0.25) is 14.7 Å². The summed E-state index contributed by atoms with van der Waals surface area (Å²) in [6.07, 6.45) is 7.34. The van der Waals surface area contributed by atoms with E-state index in [1.54, 1.807) is 11.2 Å². The highest BCUT2D eigenvalue weighted by atomic mass is 35.5. The molecule has 1 amide bonds. The molecule has 0 saturated carbocycles. The van der Waals surface area contributed by atoms with Crippen molar-refractivity contribution in [2.24, 2.45) is 7.05 Å². The molecule has 3 aromatic rings. The highest BCUT2D eigenvalue weighted by molar-refractivity contribution is 6.30. The minimum Gasteiger partial charge on any atom is -0.447 e. The average molecular weight is 578 g/mol. The summed E-state index contributed by atoms with van der Waals surface area (Å²) in [5, 5.41) is 0.612. The summed E-state index contributed by atoms with van der Waals surface area (Å²) in [5.41, 5.74) is 5.84. The lowest BCUT2D eigenvalue weighted by molar-refractivity contribution is -0.122. The van der Waals surface area contributed by atoms with Crippen molar-refractivity contribution in [1.29, 1.82) is 0 Å². The lowest BCUT2D eigenvalue weighted by Gasteiger charge is -2.39. The Kier molecular flexibility index (Phi) is 8.87. The Balaban J connectivity index is 1.59. The van der Waals surface area contributed by atoms with Crippen molar-refractivity contribution in [1.82, 2.24) is 24.3 Å². The minimum absolute atomic E-state index is 0.000194. The standard InChI is InChI=1S/C31H36ClN5O4/c1-20(2)41-31(39)37-12-10-36(11-13-37)30-24-8-7-22(32)15-26(24)25(14-21-6-5-9-34-29(21)30)27(16-23(38)18-40-4)28-17-33-19-35(28)3/h5-9,14-15,17,19-20,27,30H,10-13,16,18H2,1-4H3/t27-,30+/m1/s1. The molecule has 1 fully saturated rings. The van der Waals surface area contributed by atoms with Crippen molar-refractivity contribution in [3.63, 3.8) is 0 Å². The zero-order valence-electron chi connectivity index (χ0n) is 23.9. The summed E-state index contributed by atoms with van der Waals surface area (Å²) in [4.78, 5) is 39.0. The number of pyridine rings is 1. The smallest absolute Gasteiger partial charge is 0.410 e. The molecule has 2 atom stereocenters. The van der Waals surface area contributed by atoms with Crippen LogP contribution in [0.25, 0.3) is 11.6 Å². The van der Waals surface area contributed by atoms with Crippen LogP contribution < -0.4 is 0 Å². The van der Waals surface area contributed by atoms with Crippen LogP contribution >= 0.6 is 11.6 Å². The predicted octanol–water partition coefficient (Wildman–Crippen LogP) is 4.96. The topological polar surface area (TPSA) is 89.8 Å². The average Bonchev–Trinajstić information content (AvgIpc) is 3.31. The highest BCUT2D eigenvalue weighted by Gasteiger charge is 2.36. The Labute approximate surface area is 245 Å². The van der Waals surface area contributed by atoms with E-state index in [0.29, 0.717) is 31.2 Å². The number of amides is 1.